The molecule has 0 aromatic carbocycles. The minimum atomic E-state index is 0. The molecule has 0 aliphatic rings. The van der Waals surface area contributed by atoms with Gasteiger partial charge >= 0.3 is 0 Å². The number of nitrogens with two attached hydrogens (primary N) is 1. The van der Waals surface area contributed by atoms with Gasteiger partial charge in [0.1, 0.15) is 0 Å². The van der Waals surface area contributed by atoms with Crippen molar-refractivity contribution < 1.29 is 53.5 Å². The summed E-state index contributed by atoms with van der Waals surface area (Å²) in [5.74, 6) is 0. The maximum atomic E-state index is 6.50. The van der Waals surface area contributed by atoms with Crippen LogP contribution in [0.3, 0.4) is 0 Å². The van der Waals surface area contributed by atoms with Gasteiger partial charge in [0, 0.05) is 0 Å². The van der Waals surface area contributed by atoms with E-state index in [0.717, 1.165) is 0 Å². The number of halogens is 2. The zero-order valence-corrected chi connectivity index (χ0v) is 6.10. The predicted molar refractivity (Wildman–Crippen MR) is 5.28 cm³/mol. The smallest absolute Gasteiger partial charge is 0.349 e. The van der Waals surface area contributed by atoms with Gasteiger partial charge in [-0.15, -0.1) is 0 Å². The number of hydrogen-bond acceptors (Lipinski definition) is 0. The minimum Gasteiger partial charge on any atom is -1.00 e. The Morgan fingerprint density at radius 1 is 1.00 bits per heavy atom. The molecule has 0 saturated carbocycles. The van der Waals surface area contributed by atoms with Crippen molar-refractivity contribution in [2.75, 3.05) is 0 Å². The summed E-state index contributed by atoms with van der Waals surface area (Å²) in [6, 6.07) is 0. The normalized spacial score (nSPS) is 1.00. The molecule has 0 bridgehead atoms. The van der Waals surface area contributed by atoms with Gasteiger partial charge < -0.3 is 59.0 Å². The molecule has 4 heavy (non-hydrogen) atoms. The molecule has 0 atom stereocenters. The van der Waals surface area contributed by atoms with Crippen LogP contribution >= 0.6 is 0 Å². The molecule has 0 heterocycles. The molecule has 0 aliphatic heterocycles. The highest BCUT2D eigenvalue weighted by atomic mass is 127. The molecule has 2 nitrogen and oxygen atoms in total. The van der Waals surface area contributed by atoms with Crippen molar-refractivity contribution in [3.8, 4) is 0 Å². The maximum absolute atomic E-state index is 6.50. The standard InChI is InChI=1S/2HI.H2N2/c;;1-2/h2*1H;1H2/p-2. The summed E-state index contributed by atoms with van der Waals surface area (Å²) in [5, 5.41) is 0. The lowest BCUT2D eigenvalue weighted by atomic mass is 13.3. The SMILES string of the molecule is [I-].[I-].[N-]=[NH2+]. The van der Waals surface area contributed by atoms with Crippen LogP contribution in [0.4, 0.5) is 0 Å². The Bertz CT molecular complexity index is 4.00. The van der Waals surface area contributed by atoms with Crippen molar-refractivity contribution in [3.05, 3.63) is 5.53 Å². The van der Waals surface area contributed by atoms with Gasteiger partial charge in [-0.25, -0.2) is 0 Å². The summed E-state index contributed by atoms with van der Waals surface area (Å²) in [5.41, 5.74) is 10.0. The van der Waals surface area contributed by atoms with E-state index < -0.39 is 0 Å². The van der Waals surface area contributed by atoms with Gasteiger partial charge in [-0.2, -0.15) is 0 Å². The Labute approximate surface area is 58.7 Å². The van der Waals surface area contributed by atoms with E-state index in [1.54, 1.807) is 0 Å². The lowest BCUT2D eigenvalue weighted by Gasteiger charge is -1.14. The van der Waals surface area contributed by atoms with Crippen LogP contribution in [0.15, 0.2) is 0 Å². The van der Waals surface area contributed by atoms with Gasteiger partial charge in [0.25, 0.3) is 0 Å². The molecule has 28 valence electrons. The van der Waals surface area contributed by atoms with Crippen LogP contribution in [0.5, 0.6) is 0 Å². The molecule has 0 rings (SSSR count). The van der Waals surface area contributed by atoms with Crippen molar-refractivity contribution >= 4 is 0 Å². The fraction of sp³-hybridized carbons (Fsp3) is 0. The van der Waals surface area contributed by atoms with Crippen LogP contribution in [-0.4, -0.2) is 0 Å². The van der Waals surface area contributed by atoms with Crippen LogP contribution in [0, 0.1) is 0 Å². The van der Waals surface area contributed by atoms with Crippen molar-refractivity contribution in [2.45, 2.75) is 0 Å². The number of rotatable bonds is 0. The Balaban J connectivity index is -0.00000000500. The van der Waals surface area contributed by atoms with Crippen LogP contribution < -0.4 is 53.5 Å². The van der Waals surface area contributed by atoms with Crippen LogP contribution in [-0.2, 0) is 0 Å². The third-order valence-corrected chi connectivity index (χ3v) is 0. The van der Waals surface area contributed by atoms with Gasteiger partial charge in [0.15, 0.2) is 0 Å². The zero-order chi connectivity index (χ0) is 2.00. The van der Waals surface area contributed by atoms with E-state index in [-0.39, 0.29) is 48.0 Å². The lowest BCUT2D eigenvalue weighted by Crippen LogP contribution is -3.00. The Morgan fingerprint density at radius 3 is 1.00 bits per heavy atom. The van der Waals surface area contributed by atoms with Crippen LogP contribution in [0.2, 0.25) is 0 Å². The van der Waals surface area contributed by atoms with Gasteiger partial charge in [-0.1, -0.05) is 0 Å². The Hall–Kier alpha value is 1.06. The Morgan fingerprint density at radius 2 is 1.00 bits per heavy atom. The first-order chi connectivity index (χ1) is 1.00. The third kappa shape index (κ3) is 11.6. The topological polar surface area (TPSA) is 47.9 Å². The molecule has 4 heteroatoms. The van der Waals surface area contributed by atoms with Crippen LogP contribution in [0.1, 0.15) is 0 Å². The van der Waals surface area contributed by atoms with Crippen molar-refractivity contribution in [3.63, 3.8) is 0 Å². The molecule has 0 radical (unpaired) electrons. The second-order valence-corrected chi connectivity index (χ2v) is 0. The van der Waals surface area contributed by atoms with Crippen molar-refractivity contribution in [1.82, 2.24) is 0 Å². The van der Waals surface area contributed by atoms with E-state index in [2.05, 4.69) is 5.53 Å². The first-order valence-corrected chi connectivity index (χ1v) is 0.258. The molecule has 0 aromatic rings. The highest BCUT2D eigenvalue weighted by molar-refractivity contribution is 3.50. The van der Waals surface area contributed by atoms with Gasteiger partial charge in [-0.05, 0) is 0 Å². The number of nitrogens with zero attached hydrogens (tertiary/aromatic N) is 1. The summed E-state index contributed by atoms with van der Waals surface area (Å²) >= 11 is 0. The first kappa shape index (κ1) is 19.7. The second kappa shape index (κ2) is 33.8. The summed E-state index contributed by atoms with van der Waals surface area (Å²) < 4.78 is 0. The summed E-state index contributed by atoms with van der Waals surface area (Å²) in [6.07, 6.45) is 0. The monoisotopic (exact) mass is 284 g/mol. The van der Waals surface area contributed by atoms with E-state index in [4.69, 9.17) is 5.53 Å². The van der Waals surface area contributed by atoms with Gasteiger partial charge in [0.05, 0.1) is 0 Å². The quantitative estimate of drug-likeness (QED) is 0.339. The second-order valence-electron chi connectivity index (χ2n) is 0. The summed E-state index contributed by atoms with van der Waals surface area (Å²) in [4.78, 5) is 0. The Kier molecular flexibility index (Phi) is 166. The molecular weight excluding hydrogens is 282 g/mol. The predicted octanol–water partition coefficient (Wildman–Crippen LogP) is -7.22. The zero-order valence-electron chi connectivity index (χ0n) is 1.78. The molecule has 0 fully saturated rings. The molecular formula is H2I2N2-2. The molecule has 0 unspecified atom stereocenters. The number of hydrogen-bond donors (Lipinski definition) is 1. The highest BCUT2D eigenvalue weighted by Gasteiger charge is 0.282. The van der Waals surface area contributed by atoms with Gasteiger partial charge in [-0.3, -0.25) is 0 Å². The van der Waals surface area contributed by atoms with Crippen molar-refractivity contribution in [1.29, 1.82) is 0 Å². The fourth-order valence-corrected chi connectivity index (χ4v) is 0. The van der Waals surface area contributed by atoms with E-state index in [1.165, 1.54) is 0 Å². The lowest BCUT2D eigenvalue weighted by molar-refractivity contribution is -0.143. The molecule has 0 aromatic heterocycles. The summed E-state index contributed by atoms with van der Waals surface area (Å²) in [6.45, 7) is 0. The maximum Gasteiger partial charge on any atom is -0.349 e. The first-order valence-electron chi connectivity index (χ1n) is 0.258. The molecule has 2 N–H and O–H groups in total. The molecule has 0 aliphatic carbocycles. The fourth-order valence-electron chi connectivity index (χ4n) is 0. The average molecular weight is 284 g/mol. The van der Waals surface area contributed by atoms with E-state index >= 15 is 0 Å². The minimum absolute atomic E-state index is 0. The van der Waals surface area contributed by atoms with E-state index in [1.807, 2.05) is 0 Å². The van der Waals surface area contributed by atoms with E-state index in [0.29, 0.717) is 0 Å². The average Bonchev–Trinajstić information content (AvgIpc) is 1.00. The molecule has 0 amide bonds. The molecule has 0 spiro atoms. The van der Waals surface area contributed by atoms with Gasteiger partial charge in [0.2, 0.25) is 0 Å². The third-order valence-electron chi connectivity index (χ3n) is 0. The van der Waals surface area contributed by atoms with Crippen LogP contribution in [0.25, 0.3) is 5.53 Å². The van der Waals surface area contributed by atoms with E-state index in [9.17, 15) is 0 Å². The highest BCUT2D eigenvalue weighted by Crippen LogP contribution is 0.493. The molecule has 0 saturated heterocycles. The summed E-state index contributed by atoms with van der Waals surface area (Å²) in [7, 11) is 0. The largest absolute Gasteiger partial charge is 1.00 e. The van der Waals surface area contributed by atoms with Crippen molar-refractivity contribution in [2.24, 2.45) is 0 Å².